The molecule has 3 amide bonds. The van der Waals surface area contributed by atoms with Crippen LogP contribution in [0.15, 0.2) is 0 Å². The molecule has 3 N–H and O–H groups in total. The number of piperazine rings is 1. The molecule has 9 nitrogen and oxygen atoms in total. The Morgan fingerprint density at radius 3 is 1.96 bits per heavy atom. The third-order valence-electron chi connectivity index (χ3n) is 3.27. The Morgan fingerprint density at radius 1 is 0.962 bits per heavy atom. The molecule has 1 atom stereocenters. The molecule has 9 heteroatoms. The van der Waals surface area contributed by atoms with Gasteiger partial charge in [0.1, 0.15) is 17.2 Å². The monoisotopic (exact) mass is 372 g/mol. The number of hydrogen-bond acceptors (Lipinski definition) is 6. The van der Waals surface area contributed by atoms with Crippen LogP contribution in [0.3, 0.4) is 0 Å². The zero-order valence-electron chi connectivity index (χ0n) is 16.6. The van der Waals surface area contributed by atoms with Crippen LogP contribution in [-0.2, 0) is 14.3 Å². The third-order valence-corrected chi connectivity index (χ3v) is 3.27. The van der Waals surface area contributed by atoms with Gasteiger partial charge in [0.2, 0.25) is 5.91 Å². The highest BCUT2D eigenvalue weighted by Gasteiger charge is 2.29. The Hall–Kier alpha value is -2.03. The molecule has 0 aromatic rings. The summed E-state index contributed by atoms with van der Waals surface area (Å²) in [6.45, 7) is 12.8. The highest BCUT2D eigenvalue weighted by Crippen LogP contribution is 2.08. The van der Waals surface area contributed by atoms with Crippen molar-refractivity contribution in [3.8, 4) is 0 Å². The summed E-state index contributed by atoms with van der Waals surface area (Å²) in [6.07, 6.45) is -1.36. The minimum atomic E-state index is -0.935. The summed E-state index contributed by atoms with van der Waals surface area (Å²) in [5, 5.41) is 8.24. The Kier molecular flexibility index (Phi) is 7.68. The lowest BCUT2D eigenvalue weighted by molar-refractivity contribution is -0.133. The fourth-order valence-corrected chi connectivity index (χ4v) is 2.26. The van der Waals surface area contributed by atoms with Crippen LogP contribution in [0.2, 0.25) is 0 Å². The van der Waals surface area contributed by atoms with Crippen molar-refractivity contribution in [3.05, 3.63) is 0 Å². The Balaban J connectivity index is 2.72. The van der Waals surface area contributed by atoms with Crippen molar-refractivity contribution in [3.63, 3.8) is 0 Å². The maximum Gasteiger partial charge on any atom is 0.408 e. The summed E-state index contributed by atoms with van der Waals surface area (Å²) in [6, 6.07) is -0.935. The van der Waals surface area contributed by atoms with Gasteiger partial charge in [-0.3, -0.25) is 4.79 Å². The largest absolute Gasteiger partial charge is 0.444 e. The maximum absolute atomic E-state index is 12.7. The second-order valence-electron chi connectivity index (χ2n) is 8.16. The van der Waals surface area contributed by atoms with Gasteiger partial charge in [-0.25, -0.2) is 9.59 Å². The van der Waals surface area contributed by atoms with Gasteiger partial charge in [-0.05, 0) is 41.5 Å². The molecule has 1 saturated heterocycles. The number of nitrogens with one attached hydrogen (secondary N) is 3. The van der Waals surface area contributed by atoms with E-state index in [0.29, 0.717) is 26.2 Å². The van der Waals surface area contributed by atoms with Crippen LogP contribution in [-0.4, -0.2) is 73.0 Å². The van der Waals surface area contributed by atoms with E-state index in [0.717, 1.165) is 0 Å². The quantitative estimate of drug-likeness (QED) is 0.675. The van der Waals surface area contributed by atoms with E-state index in [9.17, 15) is 14.4 Å². The van der Waals surface area contributed by atoms with E-state index in [1.807, 2.05) is 0 Å². The first kappa shape index (κ1) is 22.0. The molecule has 1 heterocycles. The summed E-state index contributed by atoms with van der Waals surface area (Å²) in [7, 11) is 0. The number of carbonyl (C=O) groups is 3. The van der Waals surface area contributed by atoms with Crippen molar-refractivity contribution in [1.82, 2.24) is 20.9 Å². The van der Waals surface area contributed by atoms with Crippen molar-refractivity contribution in [2.24, 2.45) is 0 Å². The number of rotatable bonds is 4. The third kappa shape index (κ3) is 8.89. The van der Waals surface area contributed by atoms with E-state index in [-0.39, 0.29) is 12.5 Å². The number of amides is 3. The Morgan fingerprint density at radius 2 is 1.46 bits per heavy atom. The first-order valence-corrected chi connectivity index (χ1v) is 8.83. The minimum absolute atomic E-state index is 0.0864. The topological polar surface area (TPSA) is 109 Å². The van der Waals surface area contributed by atoms with Crippen LogP contribution < -0.4 is 16.0 Å². The van der Waals surface area contributed by atoms with E-state index in [1.54, 1.807) is 46.4 Å². The van der Waals surface area contributed by atoms with Gasteiger partial charge in [-0.15, -0.1) is 0 Å². The van der Waals surface area contributed by atoms with Crippen molar-refractivity contribution in [2.45, 2.75) is 58.8 Å². The predicted octanol–water partition coefficient (Wildman–Crippen LogP) is 0.836. The molecule has 0 spiro atoms. The molecular formula is C17H32N4O5. The predicted molar refractivity (Wildman–Crippen MR) is 96.8 cm³/mol. The van der Waals surface area contributed by atoms with Gasteiger partial charge in [0, 0.05) is 26.2 Å². The first-order valence-electron chi connectivity index (χ1n) is 8.83. The lowest BCUT2D eigenvalue weighted by Gasteiger charge is -2.31. The molecule has 26 heavy (non-hydrogen) atoms. The van der Waals surface area contributed by atoms with Crippen LogP contribution in [0.5, 0.6) is 0 Å². The fraction of sp³-hybridized carbons (Fsp3) is 0.824. The zero-order valence-corrected chi connectivity index (χ0v) is 16.6. The van der Waals surface area contributed by atoms with Gasteiger partial charge in [0.15, 0.2) is 0 Å². The molecule has 1 rings (SSSR count). The molecule has 1 unspecified atom stereocenters. The van der Waals surface area contributed by atoms with E-state index in [4.69, 9.17) is 9.47 Å². The van der Waals surface area contributed by atoms with E-state index in [2.05, 4.69) is 16.0 Å². The van der Waals surface area contributed by atoms with E-state index < -0.39 is 29.4 Å². The van der Waals surface area contributed by atoms with Crippen molar-refractivity contribution < 1.29 is 23.9 Å². The summed E-state index contributed by atoms with van der Waals surface area (Å²) in [4.78, 5) is 38.3. The van der Waals surface area contributed by atoms with Crippen molar-refractivity contribution >= 4 is 18.1 Å². The first-order chi connectivity index (χ1) is 11.9. The standard InChI is InChI=1S/C17H32N4O5/c1-16(2,3)25-14(23)19-11-12(20-15(24)26-17(4,5)6)13(22)21-9-7-18-8-10-21/h12,18H,7-11H2,1-6H3,(H,19,23)(H,20,24). The summed E-state index contributed by atoms with van der Waals surface area (Å²) >= 11 is 0. The van der Waals surface area contributed by atoms with Gasteiger partial charge in [-0.1, -0.05) is 0 Å². The molecule has 0 radical (unpaired) electrons. The highest BCUT2D eigenvalue weighted by molar-refractivity contribution is 5.86. The van der Waals surface area contributed by atoms with Crippen LogP contribution >= 0.6 is 0 Å². The summed E-state index contributed by atoms with van der Waals surface area (Å²) in [5.74, 6) is -0.270. The van der Waals surface area contributed by atoms with Crippen LogP contribution in [0, 0.1) is 0 Å². The number of ether oxygens (including phenoxy) is 2. The molecule has 0 aromatic carbocycles. The molecule has 1 aliphatic rings. The minimum Gasteiger partial charge on any atom is -0.444 e. The van der Waals surface area contributed by atoms with Crippen LogP contribution in [0.25, 0.3) is 0 Å². The average molecular weight is 372 g/mol. The summed E-state index contributed by atoms with van der Waals surface area (Å²) in [5.41, 5.74) is -1.34. The molecule has 1 aliphatic heterocycles. The molecule has 0 saturated carbocycles. The van der Waals surface area contributed by atoms with Crippen LogP contribution in [0.4, 0.5) is 9.59 Å². The lowest BCUT2D eigenvalue weighted by Crippen LogP contribution is -2.57. The van der Waals surface area contributed by atoms with Crippen molar-refractivity contribution in [2.75, 3.05) is 32.7 Å². The Labute approximate surface area is 155 Å². The second-order valence-corrected chi connectivity index (χ2v) is 8.16. The van der Waals surface area contributed by atoms with Gasteiger partial charge in [0.25, 0.3) is 0 Å². The molecule has 0 bridgehead atoms. The van der Waals surface area contributed by atoms with Gasteiger partial charge in [0.05, 0.1) is 6.54 Å². The van der Waals surface area contributed by atoms with E-state index in [1.165, 1.54) is 0 Å². The normalized spacial score (nSPS) is 16.5. The molecule has 0 aromatic heterocycles. The van der Waals surface area contributed by atoms with Crippen molar-refractivity contribution in [1.29, 1.82) is 0 Å². The van der Waals surface area contributed by atoms with Crippen LogP contribution in [0.1, 0.15) is 41.5 Å². The zero-order chi connectivity index (χ0) is 20.0. The van der Waals surface area contributed by atoms with Gasteiger partial charge in [-0.2, -0.15) is 0 Å². The summed E-state index contributed by atoms with van der Waals surface area (Å²) < 4.78 is 10.4. The number of alkyl carbamates (subject to hydrolysis) is 2. The highest BCUT2D eigenvalue weighted by atomic mass is 16.6. The SMILES string of the molecule is CC(C)(C)OC(=O)NCC(NC(=O)OC(C)(C)C)C(=O)N1CCNCC1. The maximum atomic E-state index is 12.7. The second kappa shape index (κ2) is 9.07. The number of nitrogens with zero attached hydrogens (tertiary/aromatic N) is 1. The number of hydrogen-bond donors (Lipinski definition) is 3. The molecule has 1 fully saturated rings. The average Bonchev–Trinajstić information content (AvgIpc) is 2.48. The number of carbonyl (C=O) groups excluding carboxylic acids is 3. The fourth-order valence-electron chi connectivity index (χ4n) is 2.26. The van der Waals surface area contributed by atoms with E-state index >= 15 is 0 Å². The molecule has 0 aliphatic carbocycles. The van der Waals surface area contributed by atoms with Gasteiger partial charge >= 0.3 is 12.2 Å². The Bertz CT molecular complexity index is 504. The smallest absolute Gasteiger partial charge is 0.408 e. The molecular weight excluding hydrogens is 340 g/mol. The molecule has 150 valence electrons. The lowest BCUT2D eigenvalue weighted by atomic mass is 10.2. The van der Waals surface area contributed by atoms with Gasteiger partial charge < -0.3 is 30.3 Å².